The molecule has 0 fully saturated rings. The van der Waals surface area contributed by atoms with E-state index >= 15 is 0 Å². The van der Waals surface area contributed by atoms with E-state index in [1.54, 1.807) is 37.3 Å². The molecule has 3 heteroatoms. The van der Waals surface area contributed by atoms with Gasteiger partial charge in [-0.15, -0.1) is 0 Å². The van der Waals surface area contributed by atoms with Gasteiger partial charge in [0.05, 0.1) is 0 Å². The molecule has 0 atom stereocenters. The van der Waals surface area contributed by atoms with E-state index in [1.807, 2.05) is 0 Å². The van der Waals surface area contributed by atoms with E-state index in [0.29, 0.717) is 16.1 Å². The van der Waals surface area contributed by atoms with Crippen molar-refractivity contribution >= 4 is 17.9 Å². The van der Waals surface area contributed by atoms with Crippen LogP contribution in [0.2, 0.25) is 5.02 Å². The Morgan fingerprint density at radius 1 is 1.18 bits per heavy atom. The number of rotatable bonds is 2. The van der Waals surface area contributed by atoms with Crippen LogP contribution in [0.1, 0.15) is 15.9 Å². The second-order valence-electron chi connectivity index (χ2n) is 3.81. The van der Waals surface area contributed by atoms with Crippen LogP contribution < -0.4 is 0 Å². The van der Waals surface area contributed by atoms with E-state index < -0.39 is 0 Å². The molecule has 0 saturated carbocycles. The summed E-state index contributed by atoms with van der Waals surface area (Å²) in [5.41, 5.74) is 2.62. The fourth-order valence-corrected chi connectivity index (χ4v) is 1.89. The maximum atomic E-state index is 13.2. The highest BCUT2D eigenvalue weighted by atomic mass is 35.5. The second kappa shape index (κ2) is 4.68. The van der Waals surface area contributed by atoms with Gasteiger partial charge in [-0.25, -0.2) is 4.39 Å². The molecule has 0 aromatic heterocycles. The normalized spacial score (nSPS) is 10.3. The molecular weight excluding hydrogens is 239 g/mol. The molecule has 0 aliphatic heterocycles. The monoisotopic (exact) mass is 248 g/mol. The molecule has 0 aliphatic rings. The van der Waals surface area contributed by atoms with Crippen LogP contribution in [0.15, 0.2) is 36.4 Å². The lowest BCUT2D eigenvalue weighted by Gasteiger charge is -2.07. The Balaban J connectivity index is 2.59. The van der Waals surface area contributed by atoms with Gasteiger partial charge in [-0.05, 0) is 47.9 Å². The van der Waals surface area contributed by atoms with Crippen molar-refractivity contribution in [2.75, 3.05) is 0 Å². The summed E-state index contributed by atoms with van der Waals surface area (Å²) in [6.07, 6.45) is 0.750. The van der Waals surface area contributed by atoms with Gasteiger partial charge in [0.2, 0.25) is 0 Å². The van der Waals surface area contributed by atoms with E-state index in [2.05, 4.69) is 0 Å². The maximum absolute atomic E-state index is 13.2. The summed E-state index contributed by atoms with van der Waals surface area (Å²) in [5.74, 6) is -0.254. The lowest BCUT2D eigenvalue weighted by molar-refractivity contribution is 0.112. The number of hydrogen-bond acceptors (Lipinski definition) is 1. The predicted octanol–water partition coefficient (Wildman–Crippen LogP) is 4.27. The Hall–Kier alpha value is -1.67. The maximum Gasteiger partial charge on any atom is 0.150 e. The number of benzene rings is 2. The summed E-state index contributed by atoms with van der Waals surface area (Å²) in [7, 11) is 0. The van der Waals surface area contributed by atoms with Gasteiger partial charge in [0.1, 0.15) is 5.82 Å². The van der Waals surface area contributed by atoms with Crippen LogP contribution in [0, 0.1) is 12.7 Å². The molecule has 0 N–H and O–H groups in total. The standard InChI is InChI=1S/C14H10ClFO/c1-9-6-10(2-5-14(9)16)13-4-3-12(15)7-11(13)8-17/h2-8H,1H3. The molecule has 0 heterocycles. The minimum atomic E-state index is -0.254. The van der Waals surface area contributed by atoms with Crippen molar-refractivity contribution in [3.8, 4) is 11.1 Å². The van der Waals surface area contributed by atoms with Crippen molar-refractivity contribution in [1.29, 1.82) is 0 Å². The second-order valence-corrected chi connectivity index (χ2v) is 4.25. The van der Waals surface area contributed by atoms with Gasteiger partial charge in [0, 0.05) is 10.6 Å². The molecule has 0 spiro atoms. The summed E-state index contributed by atoms with van der Waals surface area (Å²) in [4.78, 5) is 11.0. The van der Waals surface area contributed by atoms with E-state index in [0.717, 1.165) is 17.4 Å². The summed E-state index contributed by atoms with van der Waals surface area (Å²) in [5, 5.41) is 0.509. The lowest BCUT2D eigenvalue weighted by atomic mass is 9.99. The Morgan fingerprint density at radius 2 is 1.94 bits per heavy atom. The van der Waals surface area contributed by atoms with Crippen LogP contribution in [0.3, 0.4) is 0 Å². The minimum Gasteiger partial charge on any atom is -0.298 e. The van der Waals surface area contributed by atoms with Crippen LogP contribution in [0.5, 0.6) is 0 Å². The van der Waals surface area contributed by atoms with Crippen LogP contribution >= 0.6 is 11.6 Å². The zero-order valence-corrected chi connectivity index (χ0v) is 9.96. The van der Waals surface area contributed by atoms with E-state index in [4.69, 9.17) is 11.6 Å². The quantitative estimate of drug-likeness (QED) is 0.726. The van der Waals surface area contributed by atoms with Crippen LogP contribution in [-0.4, -0.2) is 6.29 Å². The smallest absolute Gasteiger partial charge is 0.150 e. The van der Waals surface area contributed by atoms with Crippen molar-refractivity contribution in [3.05, 3.63) is 58.4 Å². The van der Waals surface area contributed by atoms with Crippen molar-refractivity contribution in [1.82, 2.24) is 0 Å². The highest BCUT2D eigenvalue weighted by molar-refractivity contribution is 6.31. The van der Waals surface area contributed by atoms with E-state index in [-0.39, 0.29) is 5.82 Å². The SMILES string of the molecule is Cc1cc(-c2ccc(Cl)cc2C=O)ccc1F. The molecule has 0 aliphatic carbocycles. The first-order chi connectivity index (χ1) is 8.11. The van der Waals surface area contributed by atoms with Gasteiger partial charge in [0.25, 0.3) is 0 Å². The first-order valence-electron chi connectivity index (χ1n) is 5.13. The van der Waals surface area contributed by atoms with Crippen molar-refractivity contribution in [2.45, 2.75) is 6.92 Å². The molecular formula is C14H10ClFO. The van der Waals surface area contributed by atoms with Crippen molar-refractivity contribution < 1.29 is 9.18 Å². The van der Waals surface area contributed by atoms with Gasteiger partial charge in [-0.3, -0.25) is 4.79 Å². The largest absolute Gasteiger partial charge is 0.298 e. The molecule has 0 bridgehead atoms. The lowest BCUT2D eigenvalue weighted by Crippen LogP contribution is -1.89. The Kier molecular flexibility index (Phi) is 3.25. The predicted molar refractivity (Wildman–Crippen MR) is 67.0 cm³/mol. The first-order valence-corrected chi connectivity index (χ1v) is 5.51. The number of halogens is 2. The highest BCUT2D eigenvalue weighted by Crippen LogP contribution is 2.26. The molecule has 86 valence electrons. The van der Waals surface area contributed by atoms with Crippen molar-refractivity contribution in [2.24, 2.45) is 0 Å². The number of carbonyl (C=O) groups is 1. The molecule has 1 nitrogen and oxygen atoms in total. The zero-order valence-electron chi connectivity index (χ0n) is 9.21. The number of carbonyl (C=O) groups excluding carboxylic acids is 1. The number of hydrogen-bond donors (Lipinski definition) is 0. The van der Waals surface area contributed by atoms with Crippen molar-refractivity contribution in [3.63, 3.8) is 0 Å². The third-order valence-corrected chi connectivity index (χ3v) is 2.84. The third-order valence-electron chi connectivity index (χ3n) is 2.61. The van der Waals surface area contributed by atoms with E-state index in [9.17, 15) is 9.18 Å². The molecule has 0 radical (unpaired) electrons. The van der Waals surface area contributed by atoms with Crippen LogP contribution in [0.25, 0.3) is 11.1 Å². The van der Waals surface area contributed by atoms with Gasteiger partial charge >= 0.3 is 0 Å². The molecule has 2 rings (SSSR count). The average Bonchev–Trinajstić information content (AvgIpc) is 2.32. The highest BCUT2D eigenvalue weighted by Gasteiger charge is 2.07. The molecule has 0 saturated heterocycles. The van der Waals surface area contributed by atoms with Gasteiger partial charge in [-0.2, -0.15) is 0 Å². The van der Waals surface area contributed by atoms with Gasteiger partial charge < -0.3 is 0 Å². The first kappa shape index (κ1) is 11.8. The summed E-state index contributed by atoms with van der Waals surface area (Å²) in [6, 6.07) is 9.84. The fourth-order valence-electron chi connectivity index (χ4n) is 1.71. The summed E-state index contributed by atoms with van der Waals surface area (Å²) >= 11 is 5.82. The van der Waals surface area contributed by atoms with Crippen LogP contribution in [0.4, 0.5) is 4.39 Å². The summed E-state index contributed by atoms with van der Waals surface area (Å²) in [6.45, 7) is 1.69. The molecule has 0 unspecified atom stereocenters. The zero-order chi connectivity index (χ0) is 12.4. The topological polar surface area (TPSA) is 17.1 Å². The summed E-state index contributed by atoms with van der Waals surface area (Å²) < 4.78 is 13.2. The minimum absolute atomic E-state index is 0.254. The Labute approximate surface area is 104 Å². The number of aryl methyl sites for hydroxylation is 1. The Morgan fingerprint density at radius 3 is 2.59 bits per heavy atom. The van der Waals surface area contributed by atoms with E-state index in [1.165, 1.54) is 6.07 Å². The third kappa shape index (κ3) is 2.37. The fraction of sp³-hybridized carbons (Fsp3) is 0.0714. The van der Waals surface area contributed by atoms with Gasteiger partial charge in [-0.1, -0.05) is 23.7 Å². The Bertz CT molecular complexity index is 578. The van der Waals surface area contributed by atoms with Gasteiger partial charge in [0.15, 0.2) is 6.29 Å². The molecule has 2 aromatic carbocycles. The van der Waals surface area contributed by atoms with Crippen LogP contribution in [-0.2, 0) is 0 Å². The molecule has 0 amide bonds. The molecule has 17 heavy (non-hydrogen) atoms. The number of aldehydes is 1. The molecule has 2 aromatic rings. The average molecular weight is 249 g/mol.